The molecule has 1 aromatic carbocycles. The summed E-state index contributed by atoms with van der Waals surface area (Å²) < 4.78 is 10.5. The maximum absolute atomic E-state index is 12.2. The van der Waals surface area contributed by atoms with Gasteiger partial charge in [-0.25, -0.2) is 4.98 Å². The number of benzene rings is 1. The van der Waals surface area contributed by atoms with Crippen LogP contribution in [0, 0.1) is 0 Å². The van der Waals surface area contributed by atoms with E-state index in [9.17, 15) is 9.59 Å². The van der Waals surface area contributed by atoms with E-state index in [1.165, 1.54) is 18.4 Å². The SMILES string of the molecule is COc1ccc(Cl)cc1CC(=O)NNC(=O)c1csc(N2CCOCC2)n1. The van der Waals surface area contributed by atoms with Crippen molar-refractivity contribution in [1.29, 1.82) is 0 Å². The third-order valence-electron chi connectivity index (χ3n) is 3.92. The molecular weight excluding hydrogens is 392 g/mol. The van der Waals surface area contributed by atoms with Crippen molar-refractivity contribution in [3.05, 3.63) is 39.9 Å². The number of amides is 2. The van der Waals surface area contributed by atoms with E-state index < -0.39 is 11.8 Å². The fourth-order valence-electron chi connectivity index (χ4n) is 2.56. The molecule has 1 aliphatic rings. The molecule has 144 valence electrons. The molecule has 27 heavy (non-hydrogen) atoms. The average Bonchev–Trinajstić information content (AvgIpc) is 3.17. The van der Waals surface area contributed by atoms with Gasteiger partial charge in [-0.2, -0.15) is 0 Å². The van der Waals surface area contributed by atoms with Crippen LogP contribution in [0.25, 0.3) is 0 Å². The van der Waals surface area contributed by atoms with E-state index in [0.717, 1.165) is 18.2 Å². The Bertz CT molecular complexity index is 823. The number of ether oxygens (including phenoxy) is 2. The van der Waals surface area contributed by atoms with Crippen molar-refractivity contribution in [3.8, 4) is 5.75 Å². The van der Waals surface area contributed by atoms with Crippen molar-refractivity contribution in [1.82, 2.24) is 15.8 Å². The Morgan fingerprint density at radius 3 is 2.85 bits per heavy atom. The number of hydrogen-bond donors (Lipinski definition) is 2. The molecule has 0 spiro atoms. The highest BCUT2D eigenvalue weighted by Gasteiger charge is 2.18. The highest BCUT2D eigenvalue weighted by molar-refractivity contribution is 7.13. The van der Waals surface area contributed by atoms with E-state index in [4.69, 9.17) is 21.1 Å². The number of methoxy groups -OCH3 is 1. The number of anilines is 1. The maximum atomic E-state index is 12.2. The lowest BCUT2D eigenvalue weighted by molar-refractivity contribution is -0.121. The fraction of sp³-hybridized carbons (Fsp3) is 0.353. The van der Waals surface area contributed by atoms with Crippen LogP contribution >= 0.6 is 22.9 Å². The van der Waals surface area contributed by atoms with Crippen molar-refractivity contribution in [2.24, 2.45) is 0 Å². The molecule has 0 radical (unpaired) electrons. The molecule has 1 fully saturated rings. The first-order valence-corrected chi connectivity index (χ1v) is 9.52. The Morgan fingerprint density at radius 2 is 2.11 bits per heavy atom. The van der Waals surface area contributed by atoms with Gasteiger partial charge in [-0.3, -0.25) is 20.4 Å². The highest BCUT2D eigenvalue weighted by Crippen LogP contribution is 2.23. The number of hydrogen-bond acceptors (Lipinski definition) is 7. The summed E-state index contributed by atoms with van der Waals surface area (Å²) in [6.45, 7) is 2.77. The van der Waals surface area contributed by atoms with Gasteiger partial charge in [0.25, 0.3) is 5.91 Å². The second kappa shape index (κ2) is 9.03. The summed E-state index contributed by atoms with van der Waals surface area (Å²) in [6.07, 6.45) is 0.0140. The van der Waals surface area contributed by atoms with Gasteiger partial charge in [-0.05, 0) is 18.2 Å². The fourth-order valence-corrected chi connectivity index (χ4v) is 3.62. The minimum Gasteiger partial charge on any atom is -0.496 e. The van der Waals surface area contributed by atoms with Crippen LogP contribution in [0.2, 0.25) is 5.02 Å². The molecule has 0 bridgehead atoms. The average molecular weight is 411 g/mol. The van der Waals surface area contributed by atoms with Gasteiger partial charge in [0.15, 0.2) is 5.13 Å². The van der Waals surface area contributed by atoms with Crippen LogP contribution in [0.15, 0.2) is 23.6 Å². The van der Waals surface area contributed by atoms with E-state index in [1.54, 1.807) is 23.6 Å². The number of nitrogens with one attached hydrogen (secondary N) is 2. The van der Waals surface area contributed by atoms with Gasteiger partial charge in [0.05, 0.1) is 26.7 Å². The molecule has 2 amide bonds. The van der Waals surface area contributed by atoms with Crippen LogP contribution < -0.4 is 20.5 Å². The first-order chi connectivity index (χ1) is 13.1. The number of carbonyl (C=O) groups excluding carboxylic acids is 2. The first kappa shape index (κ1) is 19.4. The van der Waals surface area contributed by atoms with Crippen LogP contribution in [-0.4, -0.2) is 50.2 Å². The Morgan fingerprint density at radius 1 is 1.33 bits per heavy atom. The zero-order valence-electron chi connectivity index (χ0n) is 14.7. The van der Waals surface area contributed by atoms with Crippen LogP contribution in [0.3, 0.4) is 0 Å². The van der Waals surface area contributed by atoms with E-state index in [2.05, 4.69) is 20.7 Å². The van der Waals surface area contributed by atoms with Crippen molar-refractivity contribution < 1.29 is 19.1 Å². The molecule has 2 N–H and O–H groups in total. The van der Waals surface area contributed by atoms with Crippen molar-refractivity contribution in [2.45, 2.75) is 6.42 Å². The normalized spacial score (nSPS) is 13.9. The molecule has 1 saturated heterocycles. The lowest BCUT2D eigenvalue weighted by Gasteiger charge is -2.25. The summed E-state index contributed by atoms with van der Waals surface area (Å²) in [7, 11) is 1.51. The molecule has 8 nitrogen and oxygen atoms in total. The topological polar surface area (TPSA) is 92.8 Å². The molecular formula is C17H19ClN4O4S. The Balaban J connectivity index is 1.54. The first-order valence-electron chi connectivity index (χ1n) is 8.26. The van der Waals surface area contributed by atoms with Crippen LogP contribution in [0.1, 0.15) is 16.1 Å². The Labute approximate surface area is 165 Å². The number of hydrazine groups is 1. The van der Waals surface area contributed by atoms with E-state index in [1.807, 2.05) is 0 Å². The number of morpholine rings is 1. The summed E-state index contributed by atoms with van der Waals surface area (Å²) in [5, 5.41) is 2.92. The molecule has 2 heterocycles. The summed E-state index contributed by atoms with van der Waals surface area (Å²) in [4.78, 5) is 30.7. The smallest absolute Gasteiger partial charge is 0.289 e. The molecule has 3 rings (SSSR count). The van der Waals surface area contributed by atoms with Gasteiger partial charge >= 0.3 is 0 Å². The standard InChI is InChI=1S/C17H19ClN4O4S/c1-25-14-3-2-12(18)8-11(14)9-15(23)20-21-16(24)13-10-27-17(19-13)22-4-6-26-7-5-22/h2-3,8,10H,4-7,9H2,1H3,(H,20,23)(H,21,24). The minimum absolute atomic E-state index is 0.0140. The van der Waals surface area contributed by atoms with Crippen LogP contribution in [0.4, 0.5) is 5.13 Å². The second-order valence-electron chi connectivity index (χ2n) is 5.75. The molecule has 10 heteroatoms. The lowest BCUT2D eigenvalue weighted by Crippen LogP contribution is -2.42. The largest absolute Gasteiger partial charge is 0.496 e. The lowest BCUT2D eigenvalue weighted by atomic mass is 10.1. The van der Waals surface area contributed by atoms with Gasteiger partial charge in [0.2, 0.25) is 5.91 Å². The van der Waals surface area contributed by atoms with Gasteiger partial charge in [-0.1, -0.05) is 11.6 Å². The molecule has 0 unspecified atom stereocenters. The van der Waals surface area contributed by atoms with Gasteiger partial charge < -0.3 is 14.4 Å². The van der Waals surface area contributed by atoms with Crippen LogP contribution in [0.5, 0.6) is 5.75 Å². The Hall–Kier alpha value is -2.36. The summed E-state index contributed by atoms with van der Waals surface area (Å²) in [5.74, 6) is -0.319. The zero-order valence-corrected chi connectivity index (χ0v) is 16.2. The number of carbonyl (C=O) groups is 2. The second-order valence-corrected chi connectivity index (χ2v) is 7.02. The molecule has 0 aliphatic carbocycles. The Kier molecular flexibility index (Phi) is 6.49. The number of aromatic nitrogens is 1. The predicted molar refractivity (Wildman–Crippen MR) is 102 cm³/mol. The summed E-state index contributed by atoms with van der Waals surface area (Å²) in [5.41, 5.74) is 5.64. The molecule has 0 atom stereocenters. The minimum atomic E-state index is -0.475. The van der Waals surface area contributed by atoms with Gasteiger partial charge in [-0.15, -0.1) is 11.3 Å². The number of rotatable bonds is 5. The summed E-state index contributed by atoms with van der Waals surface area (Å²) >= 11 is 7.34. The summed E-state index contributed by atoms with van der Waals surface area (Å²) in [6, 6.07) is 5.01. The van der Waals surface area contributed by atoms with Gasteiger partial charge in [0, 0.05) is 29.1 Å². The monoisotopic (exact) mass is 410 g/mol. The zero-order chi connectivity index (χ0) is 19.2. The van der Waals surface area contributed by atoms with E-state index in [-0.39, 0.29) is 12.1 Å². The molecule has 0 saturated carbocycles. The molecule has 1 aliphatic heterocycles. The third-order valence-corrected chi connectivity index (χ3v) is 5.05. The predicted octanol–water partition coefficient (Wildman–Crippen LogP) is 1.65. The van der Waals surface area contributed by atoms with E-state index >= 15 is 0 Å². The van der Waals surface area contributed by atoms with E-state index in [0.29, 0.717) is 29.5 Å². The van der Waals surface area contributed by atoms with Crippen molar-refractivity contribution >= 4 is 39.9 Å². The van der Waals surface area contributed by atoms with Gasteiger partial charge in [0.1, 0.15) is 11.4 Å². The molecule has 2 aromatic rings. The number of halogens is 1. The van der Waals surface area contributed by atoms with Crippen LogP contribution in [-0.2, 0) is 16.0 Å². The highest BCUT2D eigenvalue weighted by atomic mass is 35.5. The number of nitrogens with zero attached hydrogens (tertiary/aromatic N) is 2. The number of thiazole rings is 1. The third kappa shape index (κ3) is 5.09. The van der Waals surface area contributed by atoms with Crippen molar-refractivity contribution in [3.63, 3.8) is 0 Å². The maximum Gasteiger partial charge on any atom is 0.289 e. The molecule has 1 aromatic heterocycles. The quantitative estimate of drug-likeness (QED) is 0.728. The van der Waals surface area contributed by atoms with Crippen molar-refractivity contribution in [2.75, 3.05) is 38.3 Å².